The molecule has 1 fully saturated rings. The topological polar surface area (TPSA) is 82.1 Å². The number of aryl methyl sites for hydroxylation is 2. The van der Waals surface area contributed by atoms with Crippen molar-refractivity contribution >= 4 is 16.8 Å². The number of H-pyrrole nitrogens is 1. The van der Waals surface area contributed by atoms with E-state index in [2.05, 4.69) is 15.0 Å². The third-order valence-corrected chi connectivity index (χ3v) is 5.18. The lowest BCUT2D eigenvalue weighted by Crippen LogP contribution is -2.39. The lowest BCUT2D eigenvalue weighted by Gasteiger charge is -2.31. The number of rotatable bonds is 2. The van der Waals surface area contributed by atoms with Crippen LogP contribution in [0.15, 0.2) is 30.6 Å². The largest absolute Gasteiger partial charge is 0.505 e. The van der Waals surface area contributed by atoms with Crippen molar-refractivity contribution in [2.24, 2.45) is 0 Å². The lowest BCUT2D eigenvalue weighted by atomic mass is 9.97. The fourth-order valence-corrected chi connectivity index (χ4v) is 3.78. The summed E-state index contributed by atoms with van der Waals surface area (Å²) in [5, 5.41) is 11.2. The summed E-state index contributed by atoms with van der Waals surface area (Å²) in [6, 6.07) is 5.56. The molecule has 1 aliphatic rings. The summed E-state index contributed by atoms with van der Waals surface area (Å²) in [6.45, 7) is 5.17. The molecule has 3 heterocycles. The van der Waals surface area contributed by atoms with Gasteiger partial charge in [-0.1, -0.05) is 12.1 Å². The van der Waals surface area contributed by atoms with Gasteiger partial charge in [0.1, 0.15) is 22.8 Å². The van der Waals surface area contributed by atoms with Gasteiger partial charge in [0.15, 0.2) is 0 Å². The van der Waals surface area contributed by atoms with Gasteiger partial charge in [-0.2, -0.15) is 0 Å². The molecule has 0 radical (unpaired) electrons. The third-order valence-electron chi connectivity index (χ3n) is 5.18. The number of imidazole rings is 1. The molecule has 0 unspecified atom stereocenters. The smallest absolute Gasteiger partial charge is 0.272 e. The fourth-order valence-electron chi connectivity index (χ4n) is 3.78. The average molecular weight is 350 g/mol. The van der Waals surface area contributed by atoms with Crippen LogP contribution in [0.5, 0.6) is 5.75 Å². The molecule has 0 aliphatic carbocycles. The number of aromatic nitrogens is 3. The van der Waals surface area contributed by atoms with Crippen molar-refractivity contribution in [2.75, 3.05) is 13.1 Å². The molecule has 1 aromatic carbocycles. The molecule has 0 spiro atoms. The van der Waals surface area contributed by atoms with E-state index in [1.807, 2.05) is 37.1 Å². The van der Waals surface area contributed by atoms with Gasteiger partial charge in [-0.25, -0.2) is 9.97 Å². The van der Waals surface area contributed by atoms with E-state index in [1.165, 1.54) is 0 Å². The number of benzene rings is 1. The first-order valence-corrected chi connectivity index (χ1v) is 8.93. The normalized spacial score (nSPS) is 17.6. The summed E-state index contributed by atoms with van der Waals surface area (Å²) in [7, 11) is 0. The number of aromatic amines is 1. The standard InChI is InChI=1S/C20H22N4O2/c1-12-10-13(2)18(25)17-15(12)5-6-16(23-17)20(26)24-9-3-4-14(11-24)19-21-7-8-22-19/h5-8,10,14,25H,3-4,9,11H2,1-2H3,(H,21,22)/t14-/m0/s1. The van der Waals surface area contributed by atoms with E-state index < -0.39 is 0 Å². The Bertz CT molecular complexity index is 966. The van der Waals surface area contributed by atoms with Crippen molar-refractivity contribution in [3.8, 4) is 5.75 Å². The van der Waals surface area contributed by atoms with E-state index in [1.54, 1.807) is 12.3 Å². The summed E-state index contributed by atoms with van der Waals surface area (Å²) in [5.41, 5.74) is 2.67. The maximum absolute atomic E-state index is 13.0. The monoisotopic (exact) mass is 350 g/mol. The highest BCUT2D eigenvalue weighted by Crippen LogP contribution is 2.30. The molecular formula is C20H22N4O2. The zero-order valence-electron chi connectivity index (χ0n) is 15.0. The van der Waals surface area contributed by atoms with Crippen LogP contribution in [-0.2, 0) is 0 Å². The number of nitrogens with zero attached hydrogens (tertiary/aromatic N) is 3. The number of piperidine rings is 1. The number of phenols is 1. The Morgan fingerprint density at radius 1 is 1.31 bits per heavy atom. The number of likely N-dealkylation sites (tertiary alicyclic amines) is 1. The van der Waals surface area contributed by atoms with Crippen LogP contribution in [0.1, 0.15) is 46.2 Å². The van der Waals surface area contributed by atoms with Gasteiger partial charge in [0.25, 0.3) is 5.91 Å². The first-order valence-electron chi connectivity index (χ1n) is 8.93. The van der Waals surface area contributed by atoms with Crippen LogP contribution in [0.3, 0.4) is 0 Å². The Morgan fingerprint density at radius 2 is 2.15 bits per heavy atom. The van der Waals surface area contributed by atoms with Gasteiger partial charge < -0.3 is 15.0 Å². The zero-order valence-corrected chi connectivity index (χ0v) is 15.0. The molecule has 6 nitrogen and oxygen atoms in total. The van der Waals surface area contributed by atoms with Crippen LogP contribution < -0.4 is 0 Å². The highest BCUT2D eigenvalue weighted by Gasteiger charge is 2.27. The minimum Gasteiger partial charge on any atom is -0.505 e. The Labute approximate surface area is 151 Å². The fraction of sp³-hybridized carbons (Fsp3) is 0.350. The van der Waals surface area contributed by atoms with Crippen LogP contribution in [0.4, 0.5) is 0 Å². The Hall–Kier alpha value is -2.89. The molecule has 1 aliphatic heterocycles. The number of amides is 1. The van der Waals surface area contributed by atoms with Crippen molar-refractivity contribution < 1.29 is 9.90 Å². The van der Waals surface area contributed by atoms with E-state index in [4.69, 9.17) is 0 Å². The molecule has 0 saturated carbocycles. The van der Waals surface area contributed by atoms with Crippen LogP contribution in [0.25, 0.3) is 10.9 Å². The van der Waals surface area contributed by atoms with Crippen molar-refractivity contribution in [2.45, 2.75) is 32.6 Å². The van der Waals surface area contributed by atoms with Crippen molar-refractivity contribution in [3.63, 3.8) is 0 Å². The SMILES string of the molecule is Cc1cc(C)c2ccc(C(=O)N3CCC[C@H](c4ncc[nH]4)C3)nc2c1O. The molecular weight excluding hydrogens is 328 g/mol. The summed E-state index contributed by atoms with van der Waals surface area (Å²) in [6.07, 6.45) is 5.51. The van der Waals surface area contributed by atoms with E-state index in [0.29, 0.717) is 24.3 Å². The van der Waals surface area contributed by atoms with Gasteiger partial charge in [0, 0.05) is 36.8 Å². The van der Waals surface area contributed by atoms with Gasteiger partial charge in [-0.3, -0.25) is 4.79 Å². The highest BCUT2D eigenvalue weighted by molar-refractivity contribution is 5.97. The molecule has 3 aromatic rings. The second-order valence-corrected chi connectivity index (χ2v) is 7.02. The maximum Gasteiger partial charge on any atom is 0.272 e. The number of nitrogens with one attached hydrogen (secondary N) is 1. The molecule has 4 rings (SSSR count). The zero-order chi connectivity index (χ0) is 18.3. The number of aromatic hydroxyl groups is 1. The van der Waals surface area contributed by atoms with Gasteiger partial charge in [-0.05, 0) is 43.9 Å². The minimum absolute atomic E-state index is 0.0956. The second-order valence-electron chi connectivity index (χ2n) is 7.02. The molecule has 1 amide bonds. The highest BCUT2D eigenvalue weighted by atomic mass is 16.3. The van der Waals surface area contributed by atoms with Gasteiger partial charge in [0.2, 0.25) is 0 Å². The second kappa shape index (κ2) is 6.44. The number of hydrogen-bond donors (Lipinski definition) is 2. The number of hydrogen-bond acceptors (Lipinski definition) is 4. The van der Waals surface area contributed by atoms with Crippen molar-refractivity contribution in [1.29, 1.82) is 0 Å². The van der Waals surface area contributed by atoms with Gasteiger partial charge in [-0.15, -0.1) is 0 Å². The predicted octanol–water partition coefficient (Wildman–Crippen LogP) is 3.30. The van der Waals surface area contributed by atoms with E-state index in [0.717, 1.165) is 35.2 Å². The van der Waals surface area contributed by atoms with Crippen LogP contribution in [0, 0.1) is 13.8 Å². The number of carbonyl (C=O) groups excluding carboxylic acids is 1. The van der Waals surface area contributed by atoms with Gasteiger partial charge >= 0.3 is 0 Å². The van der Waals surface area contributed by atoms with E-state index in [9.17, 15) is 9.90 Å². The van der Waals surface area contributed by atoms with Crippen LogP contribution in [0.2, 0.25) is 0 Å². The maximum atomic E-state index is 13.0. The molecule has 2 N–H and O–H groups in total. The summed E-state index contributed by atoms with van der Waals surface area (Å²) in [5.74, 6) is 1.20. The lowest BCUT2D eigenvalue weighted by molar-refractivity contribution is 0.0699. The van der Waals surface area contributed by atoms with E-state index in [-0.39, 0.29) is 17.6 Å². The molecule has 2 aromatic heterocycles. The number of carbonyl (C=O) groups is 1. The number of phenolic OH excluding ortho intramolecular Hbond substituents is 1. The first kappa shape index (κ1) is 16.6. The van der Waals surface area contributed by atoms with Crippen LogP contribution in [-0.4, -0.2) is 44.0 Å². The molecule has 26 heavy (non-hydrogen) atoms. The Balaban J connectivity index is 1.64. The summed E-state index contributed by atoms with van der Waals surface area (Å²) >= 11 is 0. The summed E-state index contributed by atoms with van der Waals surface area (Å²) in [4.78, 5) is 26.8. The minimum atomic E-state index is -0.0956. The Kier molecular flexibility index (Phi) is 4.11. The number of fused-ring (bicyclic) bond motifs is 1. The predicted molar refractivity (Wildman–Crippen MR) is 99.3 cm³/mol. The Morgan fingerprint density at radius 3 is 2.92 bits per heavy atom. The molecule has 0 bridgehead atoms. The van der Waals surface area contributed by atoms with Gasteiger partial charge in [0.05, 0.1) is 0 Å². The van der Waals surface area contributed by atoms with Crippen molar-refractivity contribution in [1.82, 2.24) is 19.9 Å². The van der Waals surface area contributed by atoms with Crippen LogP contribution >= 0.6 is 0 Å². The average Bonchev–Trinajstić information content (AvgIpc) is 3.20. The summed E-state index contributed by atoms with van der Waals surface area (Å²) < 4.78 is 0. The number of pyridine rings is 1. The van der Waals surface area contributed by atoms with E-state index >= 15 is 0 Å². The molecule has 134 valence electrons. The quantitative estimate of drug-likeness (QED) is 0.743. The first-order chi connectivity index (χ1) is 12.5. The molecule has 1 saturated heterocycles. The van der Waals surface area contributed by atoms with Crippen molar-refractivity contribution in [3.05, 3.63) is 53.2 Å². The third kappa shape index (κ3) is 2.81. The molecule has 6 heteroatoms. The molecule has 1 atom stereocenters.